The van der Waals surface area contributed by atoms with Crippen LogP contribution in [-0.2, 0) is 16.1 Å². The number of aromatic amines is 1. The number of hydrogen-bond donors (Lipinski definition) is 2. The summed E-state index contributed by atoms with van der Waals surface area (Å²) in [4.78, 5) is 37.5. The highest BCUT2D eigenvalue weighted by atomic mass is 16.5. The molecule has 0 atom stereocenters. The molecule has 42 heavy (non-hydrogen) atoms. The monoisotopic (exact) mass is 560 g/mol. The standard InChI is InChI=1S/C34H32N4O4/c1-37(2)21-23-14-17-26(18-15-23)35-32(24-10-6-4-7-11-24)31-28-20-25(16-19-29(28)36-33(31)40)34(41)38(22-30(39)42-3)27-12-8-5-9-13-27/h4-20,36,40H,21-22H2,1-3H3. The molecule has 0 saturated carbocycles. The van der Waals surface area contributed by atoms with Crippen molar-refractivity contribution < 1.29 is 19.4 Å². The summed E-state index contributed by atoms with van der Waals surface area (Å²) in [6, 6.07) is 31.7. The smallest absolute Gasteiger partial charge is 0.325 e. The van der Waals surface area contributed by atoms with Crippen LogP contribution in [-0.4, -0.2) is 60.3 Å². The summed E-state index contributed by atoms with van der Waals surface area (Å²) in [5.74, 6) is -0.978. The number of fused-ring (bicyclic) bond motifs is 1. The minimum atomic E-state index is -0.539. The van der Waals surface area contributed by atoms with Gasteiger partial charge in [0.25, 0.3) is 5.91 Å². The average Bonchev–Trinajstić information content (AvgIpc) is 3.34. The van der Waals surface area contributed by atoms with Crippen LogP contribution in [0.2, 0.25) is 0 Å². The molecule has 0 fully saturated rings. The minimum absolute atomic E-state index is 0.0593. The van der Waals surface area contributed by atoms with Crippen LogP contribution in [0, 0.1) is 0 Å². The molecule has 212 valence electrons. The molecule has 0 aliphatic carbocycles. The predicted molar refractivity (Wildman–Crippen MR) is 166 cm³/mol. The Balaban J connectivity index is 1.62. The van der Waals surface area contributed by atoms with Crippen LogP contribution in [0.3, 0.4) is 0 Å². The van der Waals surface area contributed by atoms with Gasteiger partial charge in [-0.1, -0.05) is 60.7 Å². The number of benzene rings is 4. The Labute approximate surface area is 244 Å². The SMILES string of the molecule is COC(=O)CN(C(=O)c1ccc2[nH]c(O)c(C(=Nc3ccc(CN(C)C)cc3)c3ccccc3)c2c1)c1ccccc1. The highest BCUT2D eigenvalue weighted by Gasteiger charge is 2.24. The van der Waals surface area contributed by atoms with Crippen LogP contribution in [0.25, 0.3) is 10.9 Å². The summed E-state index contributed by atoms with van der Waals surface area (Å²) in [6.07, 6.45) is 0. The van der Waals surface area contributed by atoms with Gasteiger partial charge in [0, 0.05) is 34.3 Å². The molecule has 0 spiro atoms. The number of aromatic nitrogens is 1. The van der Waals surface area contributed by atoms with E-state index in [1.165, 1.54) is 12.0 Å². The van der Waals surface area contributed by atoms with Crippen molar-refractivity contribution in [1.29, 1.82) is 0 Å². The number of rotatable bonds is 9. The van der Waals surface area contributed by atoms with Gasteiger partial charge >= 0.3 is 5.97 Å². The number of aliphatic imine (C=N–C) groups is 1. The molecule has 8 nitrogen and oxygen atoms in total. The number of para-hydroxylation sites is 1. The van der Waals surface area contributed by atoms with Crippen molar-refractivity contribution in [1.82, 2.24) is 9.88 Å². The quantitative estimate of drug-likeness (QED) is 0.172. The molecular formula is C34H32N4O4. The van der Waals surface area contributed by atoms with Crippen molar-refractivity contribution >= 4 is 39.9 Å². The first-order chi connectivity index (χ1) is 20.3. The molecule has 1 aromatic heterocycles. The summed E-state index contributed by atoms with van der Waals surface area (Å²) in [5, 5.41) is 11.8. The van der Waals surface area contributed by atoms with Crippen LogP contribution in [0.5, 0.6) is 5.88 Å². The fraction of sp³-hybridized carbons (Fsp3) is 0.147. The number of methoxy groups -OCH3 is 1. The first kappa shape index (κ1) is 28.3. The van der Waals surface area contributed by atoms with Crippen LogP contribution in [0.4, 0.5) is 11.4 Å². The Morgan fingerprint density at radius 3 is 2.17 bits per heavy atom. The van der Waals surface area contributed by atoms with Gasteiger partial charge < -0.3 is 19.7 Å². The Hall–Kier alpha value is -5.21. The number of H-pyrrole nitrogens is 1. The first-order valence-corrected chi connectivity index (χ1v) is 13.5. The van der Waals surface area contributed by atoms with Crippen molar-refractivity contribution in [3.63, 3.8) is 0 Å². The topological polar surface area (TPSA) is 98.2 Å². The molecule has 0 aliphatic heterocycles. The highest BCUT2D eigenvalue weighted by molar-refractivity contribution is 6.22. The predicted octanol–water partition coefficient (Wildman–Crippen LogP) is 5.92. The van der Waals surface area contributed by atoms with Gasteiger partial charge in [0.15, 0.2) is 5.88 Å². The van der Waals surface area contributed by atoms with E-state index in [0.717, 1.165) is 23.4 Å². The number of hydrogen-bond acceptors (Lipinski definition) is 6. The van der Waals surface area contributed by atoms with Gasteiger partial charge in [0.1, 0.15) is 6.54 Å². The second-order valence-electron chi connectivity index (χ2n) is 10.1. The molecule has 0 unspecified atom stereocenters. The minimum Gasteiger partial charge on any atom is -0.494 e. The molecular weight excluding hydrogens is 528 g/mol. The number of carbonyl (C=O) groups excluding carboxylic acids is 2. The van der Waals surface area contributed by atoms with Gasteiger partial charge in [0.2, 0.25) is 0 Å². The fourth-order valence-electron chi connectivity index (χ4n) is 4.82. The number of carbonyl (C=O) groups is 2. The summed E-state index contributed by atoms with van der Waals surface area (Å²) in [7, 11) is 5.33. The van der Waals surface area contributed by atoms with E-state index in [2.05, 4.69) is 9.88 Å². The maximum atomic E-state index is 13.8. The van der Waals surface area contributed by atoms with E-state index in [1.54, 1.807) is 42.5 Å². The number of esters is 1. The summed E-state index contributed by atoms with van der Waals surface area (Å²) < 4.78 is 4.86. The molecule has 1 heterocycles. The number of amides is 1. The second-order valence-corrected chi connectivity index (χ2v) is 10.1. The van der Waals surface area contributed by atoms with Crippen molar-refractivity contribution in [3.05, 3.63) is 125 Å². The van der Waals surface area contributed by atoms with E-state index < -0.39 is 5.97 Å². The zero-order valence-electron chi connectivity index (χ0n) is 23.7. The van der Waals surface area contributed by atoms with Gasteiger partial charge in [-0.2, -0.15) is 0 Å². The van der Waals surface area contributed by atoms with Gasteiger partial charge in [-0.15, -0.1) is 0 Å². The van der Waals surface area contributed by atoms with Crippen molar-refractivity contribution in [2.45, 2.75) is 6.54 Å². The Bertz CT molecular complexity index is 1730. The van der Waals surface area contributed by atoms with Crippen molar-refractivity contribution in [2.24, 2.45) is 4.99 Å². The lowest BCUT2D eigenvalue weighted by molar-refractivity contribution is -0.138. The van der Waals surface area contributed by atoms with Gasteiger partial charge in [0.05, 0.1) is 24.1 Å². The van der Waals surface area contributed by atoms with Crippen molar-refractivity contribution in [2.75, 3.05) is 32.6 Å². The normalized spacial score (nSPS) is 11.6. The van der Waals surface area contributed by atoms with E-state index in [9.17, 15) is 14.7 Å². The summed E-state index contributed by atoms with van der Waals surface area (Å²) in [5.41, 5.74) is 5.27. The Morgan fingerprint density at radius 2 is 1.52 bits per heavy atom. The van der Waals surface area contributed by atoms with Crippen LogP contribution < -0.4 is 4.90 Å². The molecule has 2 N–H and O–H groups in total. The zero-order chi connectivity index (χ0) is 29.6. The first-order valence-electron chi connectivity index (χ1n) is 13.5. The lowest BCUT2D eigenvalue weighted by atomic mass is 9.99. The van der Waals surface area contributed by atoms with Crippen LogP contribution in [0.1, 0.15) is 27.0 Å². The molecule has 8 heteroatoms. The van der Waals surface area contributed by atoms with Gasteiger partial charge in [-0.25, -0.2) is 4.99 Å². The molecule has 0 aliphatic rings. The lowest BCUT2D eigenvalue weighted by Gasteiger charge is -2.21. The third-order valence-corrected chi connectivity index (χ3v) is 6.81. The Kier molecular flexibility index (Phi) is 8.45. The third kappa shape index (κ3) is 6.24. The maximum absolute atomic E-state index is 13.8. The van der Waals surface area contributed by atoms with Crippen LogP contribution in [0.15, 0.2) is 108 Å². The zero-order valence-corrected chi connectivity index (χ0v) is 23.7. The molecule has 0 bridgehead atoms. The molecule has 0 radical (unpaired) electrons. The number of aromatic hydroxyl groups is 1. The molecule has 4 aromatic carbocycles. The molecule has 1 amide bonds. The number of nitrogens with one attached hydrogen (secondary N) is 1. The molecule has 5 rings (SSSR count). The van der Waals surface area contributed by atoms with E-state index in [4.69, 9.17) is 9.73 Å². The number of ether oxygens (including phenoxy) is 1. The Morgan fingerprint density at radius 1 is 0.857 bits per heavy atom. The van der Waals surface area contributed by atoms with E-state index in [-0.39, 0.29) is 18.3 Å². The fourth-order valence-corrected chi connectivity index (χ4v) is 4.82. The second kappa shape index (κ2) is 12.5. The van der Waals surface area contributed by atoms with Gasteiger partial charge in [-0.3, -0.25) is 14.5 Å². The summed E-state index contributed by atoms with van der Waals surface area (Å²) >= 11 is 0. The van der Waals surface area contributed by atoms with E-state index in [1.807, 2.05) is 74.8 Å². The number of nitrogens with zero attached hydrogens (tertiary/aromatic N) is 3. The molecule has 0 saturated heterocycles. The maximum Gasteiger partial charge on any atom is 0.325 e. The highest BCUT2D eigenvalue weighted by Crippen LogP contribution is 2.33. The summed E-state index contributed by atoms with van der Waals surface area (Å²) in [6.45, 7) is 0.564. The third-order valence-electron chi connectivity index (χ3n) is 6.81. The largest absolute Gasteiger partial charge is 0.494 e. The number of anilines is 1. The van der Waals surface area contributed by atoms with E-state index >= 15 is 0 Å². The van der Waals surface area contributed by atoms with E-state index in [0.29, 0.717) is 33.4 Å². The average molecular weight is 561 g/mol. The lowest BCUT2D eigenvalue weighted by Crippen LogP contribution is -2.36. The molecule has 5 aromatic rings. The van der Waals surface area contributed by atoms with Crippen molar-refractivity contribution in [3.8, 4) is 5.88 Å². The van der Waals surface area contributed by atoms with Gasteiger partial charge in [-0.05, 0) is 62.1 Å². The van der Waals surface area contributed by atoms with Crippen LogP contribution >= 0.6 is 0 Å².